The first-order chi connectivity index (χ1) is 3.66. The van der Waals surface area contributed by atoms with Crippen molar-refractivity contribution in [2.45, 2.75) is 13.0 Å². The molecule has 0 aromatic carbocycles. The van der Waals surface area contributed by atoms with E-state index in [1.165, 1.54) is 6.92 Å². The van der Waals surface area contributed by atoms with E-state index >= 15 is 0 Å². The number of carbonyl (C=O) groups is 2. The Morgan fingerprint density at radius 2 is 2.38 bits per heavy atom. The molecule has 1 atom stereocenters. The molecule has 0 aromatic heterocycles. The Bertz CT molecular complexity index is 101. The SMILES string of the molecule is C[C@H](C=O)OC(N)=O. The Morgan fingerprint density at radius 3 is 2.50 bits per heavy atom. The number of nitrogens with two attached hydrogens (primary N) is 1. The van der Waals surface area contributed by atoms with E-state index < -0.39 is 12.2 Å². The van der Waals surface area contributed by atoms with E-state index in [0.717, 1.165) is 0 Å². The van der Waals surface area contributed by atoms with Gasteiger partial charge in [0.15, 0.2) is 12.4 Å². The first-order valence-corrected chi connectivity index (χ1v) is 2.08. The number of ether oxygens (including phenoxy) is 1. The van der Waals surface area contributed by atoms with Gasteiger partial charge in [0.1, 0.15) is 0 Å². The molecule has 4 heteroatoms. The van der Waals surface area contributed by atoms with Crippen LogP contribution in [-0.4, -0.2) is 18.5 Å². The lowest BCUT2D eigenvalue weighted by Gasteiger charge is -2.00. The first-order valence-electron chi connectivity index (χ1n) is 2.08. The maximum atomic E-state index is 9.81. The number of hydrogen-bond donors (Lipinski definition) is 1. The summed E-state index contributed by atoms with van der Waals surface area (Å²) in [4.78, 5) is 19.5. The van der Waals surface area contributed by atoms with Gasteiger partial charge in [-0.2, -0.15) is 0 Å². The van der Waals surface area contributed by atoms with Gasteiger partial charge in [-0.25, -0.2) is 4.79 Å². The molecule has 8 heavy (non-hydrogen) atoms. The predicted octanol–water partition coefficient (Wildman–Crippen LogP) is -0.331. The highest BCUT2D eigenvalue weighted by atomic mass is 16.6. The van der Waals surface area contributed by atoms with Crippen molar-refractivity contribution in [1.82, 2.24) is 0 Å². The van der Waals surface area contributed by atoms with Crippen LogP contribution >= 0.6 is 0 Å². The maximum absolute atomic E-state index is 9.81. The molecule has 2 N–H and O–H groups in total. The largest absolute Gasteiger partial charge is 0.439 e. The molecule has 0 unspecified atom stereocenters. The standard InChI is InChI=1S/C4H7NO3/c1-3(2-6)8-4(5)7/h2-3H,1H3,(H2,5,7)/t3-/m1/s1. The van der Waals surface area contributed by atoms with E-state index in [-0.39, 0.29) is 0 Å². The molecule has 0 fully saturated rings. The highest BCUT2D eigenvalue weighted by Crippen LogP contribution is 1.82. The molecule has 0 aliphatic rings. The Kier molecular flexibility index (Phi) is 2.61. The average molecular weight is 117 g/mol. The molecule has 0 saturated heterocycles. The van der Waals surface area contributed by atoms with Crippen LogP contribution in [0.2, 0.25) is 0 Å². The van der Waals surface area contributed by atoms with Crippen molar-refractivity contribution in [3.63, 3.8) is 0 Å². The van der Waals surface area contributed by atoms with E-state index in [0.29, 0.717) is 6.29 Å². The molecule has 0 rings (SSSR count). The van der Waals surface area contributed by atoms with Crippen LogP contribution in [0.4, 0.5) is 4.79 Å². The minimum atomic E-state index is -0.926. The van der Waals surface area contributed by atoms with Gasteiger partial charge in [-0.15, -0.1) is 0 Å². The van der Waals surface area contributed by atoms with E-state index in [1.807, 2.05) is 0 Å². The highest BCUT2D eigenvalue weighted by molar-refractivity contribution is 5.68. The van der Waals surface area contributed by atoms with Crippen LogP contribution in [0.5, 0.6) is 0 Å². The Labute approximate surface area is 46.6 Å². The van der Waals surface area contributed by atoms with E-state index in [4.69, 9.17) is 0 Å². The second-order valence-corrected chi connectivity index (χ2v) is 1.28. The van der Waals surface area contributed by atoms with Crippen molar-refractivity contribution >= 4 is 12.4 Å². The zero-order valence-electron chi connectivity index (χ0n) is 4.46. The first kappa shape index (κ1) is 6.94. The van der Waals surface area contributed by atoms with Gasteiger partial charge in [0, 0.05) is 0 Å². The molecule has 0 aliphatic heterocycles. The van der Waals surface area contributed by atoms with Crippen molar-refractivity contribution in [2.24, 2.45) is 5.73 Å². The lowest BCUT2D eigenvalue weighted by atomic mass is 10.5. The number of aldehydes is 1. The van der Waals surface area contributed by atoms with E-state index in [1.54, 1.807) is 0 Å². The summed E-state index contributed by atoms with van der Waals surface area (Å²) in [6.45, 7) is 1.43. The summed E-state index contributed by atoms with van der Waals surface area (Å²) in [5.41, 5.74) is 4.55. The minimum absolute atomic E-state index is 0.491. The minimum Gasteiger partial charge on any atom is -0.439 e. The van der Waals surface area contributed by atoms with Gasteiger partial charge < -0.3 is 10.5 Å². The summed E-state index contributed by atoms with van der Waals surface area (Å²) in [5.74, 6) is 0. The monoisotopic (exact) mass is 117 g/mol. The van der Waals surface area contributed by atoms with Crippen molar-refractivity contribution < 1.29 is 14.3 Å². The topological polar surface area (TPSA) is 69.4 Å². The molecule has 4 nitrogen and oxygen atoms in total. The third-order valence-corrected chi connectivity index (χ3v) is 0.494. The Balaban J connectivity index is 3.38. The summed E-state index contributed by atoms with van der Waals surface area (Å²) in [6, 6.07) is 0. The molecule has 0 aliphatic carbocycles. The summed E-state index contributed by atoms with van der Waals surface area (Å²) < 4.78 is 4.17. The molecule has 0 saturated carbocycles. The van der Waals surface area contributed by atoms with Crippen molar-refractivity contribution in [2.75, 3.05) is 0 Å². The summed E-state index contributed by atoms with van der Waals surface area (Å²) in [5, 5.41) is 0. The highest BCUT2D eigenvalue weighted by Gasteiger charge is 2.00. The van der Waals surface area contributed by atoms with E-state index in [9.17, 15) is 9.59 Å². The average Bonchev–Trinajstić information content (AvgIpc) is 1.65. The van der Waals surface area contributed by atoms with Gasteiger partial charge in [-0.05, 0) is 6.92 Å². The fourth-order valence-corrected chi connectivity index (χ4v) is 0.211. The quantitative estimate of drug-likeness (QED) is 0.503. The number of carbonyl (C=O) groups excluding carboxylic acids is 2. The number of primary amides is 1. The molecular weight excluding hydrogens is 110 g/mol. The van der Waals surface area contributed by atoms with Crippen LogP contribution in [0.15, 0.2) is 0 Å². The van der Waals surface area contributed by atoms with Crippen molar-refractivity contribution in [3.05, 3.63) is 0 Å². The van der Waals surface area contributed by atoms with Crippen LogP contribution in [0.3, 0.4) is 0 Å². The fourth-order valence-electron chi connectivity index (χ4n) is 0.211. The summed E-state index contributed by atoms with van der Waals surface area (Å²) in [6.07, 6.45) is -1.16. The van der Waals surface area contributed by atoms with Gasteiger partial charge in [0.25, 0.3) is 0 Å². The van der Waals surface area contributed by atoms with Crippen LogP contribution in [0.1, 0.15) is 6.92 Å². The zero-order chi connectivity index (χ0) is 6.57. The second kappa shape index (κ2) is 3.01. The molecule has 1 amide bonds. The van der Waals surface area contributed by atoms with Crippen molar-refractivity contribution in [3.8, 4) is 0 Å². The molecule has 0 bridgehead atoms. The fraction of sp³-hybridized carbons (Fsp3) is 0.500. The molecule has 0 heterocycles. The lowest BCUT2D eigenvalue weighted by Crippen LogP contribution is -2.20. The maximum Gasteiger partial charge on any atom is 0.405 e. The molecule has 0 radical (unpaired) electrons. The number of hydrogen-bond acceptors (Lipinski definition) is 3. The third-order valence-electron chi connectivity index (χ3n) is 0.494. The zero-order valence-corrected chi connectivity index (χ0v) is 4.46. The van der Waals surface area contributed by atoms with Gasteiger partial charge in [0.2, 0.25) is 0 Å². The summed E-state index contributed by atoms with van der Waals surface area (Å²) in [7, 11) is 0. The predicted molar refractivity (Wildman–Crippen MR) is 26.2 cm³/mol. The normalized spacial score (nSPS) is 12.1. The van der Waals surface area contributed by atoms with Gasteiger partial charge in [-0.1, -0.05) is 0 Å². The smallest absolute Gasteiger partial charge is 0.405 e. The lowest BCUT2D eigenvalue weighted by molar-refractivity contribution is -0.114. The van der Waals surface area contributed by atoms with Gasteiger partial charge >= 0.3 is 6.09 Å². The van der Waals surface area contributed by atoms with Crippen molar-refractivity contribution in [1.29, 1.82) is 0 Å². The molecule has 0 aromatic rings. The molecular formula is C4H7NO3. The molecule has 0 spiro atoms. The Morgan fingerprint density at radius 1 is 1.88 bits per heavy atom. The van der Waals surface area contributed by atoms with E-state index in [2.05, 4.69) is 10.5 Å². The van der Waals surface area contributed by atoms with Crippen LogP contribution < -0.4 is 5.73 Å². The Hall–Kier alpha value is -1.06. The second-order valence-electron chi connectivity index (χ2n) is 1.28. The summed E-state index contributed by atoms with van der Waals surface area (Å²) >= 11 is 0. The van der Waals surface area contributed by atoms with Gasteiger partial charge in [0.05, 0.1) is 0 Å². The van der Waals surface area contributed by atoms with Gasteiger partial charge in [-0.3, -0.25) is 4.79 Å². The van der Waals surface area contributed by atoms with Crippen LogP contribution in [0, 0.1) is 0 Å². The number of rotatable bonds is 2. The van der Waals surface area contributed by atoms with Crippen LogP contribution in [0.25, 0.3) is 0 Å². The molecule has 46 valence electrons. The number of amides is 1. The van der Waals surface area contributed by atoms with Crippen LogP contribution in [-0.2, 0) is 9.53 Å². The third kappa shape index (κ3) is 3.14.